The van der Waals surface area contributed by atoms with Crippen LogP contribution in [0.4, 0.5) is 8.78 Å². The molecule has 0 saturated heterocycles. The van der Waals surface area contributed by atoms with Gasteiger partial charge in [-0.2, -0.15) is 0 Å². The van der Waals surface area contributed by atoms with Crippen LogP contribution < -0.4 is 5.73 Å². The van der Waals surface area contributed by atoms with Crippen molar-refractivity contribution in [1.82, 2.24) is 0 Å². The summed E-state index contributed by atoms with van der Waals surface area (Å²) < 4.78 is 26.4. The molecule has 0 aromatic heterocycles. The summed E-state index contributed by atoms with van der Waals surface area (Å²) in [5.74, 6) is -2.23. The molecule has 1 fully saturated rings. The van der Waals surface area contributed by atoms with E-state index in [0.717, 1.165) is 32.1 Å². The van der Waals surface area contributed by atoms with Gasteiger partial charge in [0.05, 0.1) is 0 Å². The maximum absolute atomic E-state index is 13.2. The quantitative estimate of drug-likeness (QED) is 0.711. The van der Waals surface area contributed by atoms with E-state index in [1.54, 1.807) is 0 Å². The summed E-state index contributed by atoms with van der Waals surface area (Å²) >= 11 is 0. The minimum atomic E-state index is -2.41. The zero-order chi connectivity index (χ0) is 12.9. The van der Waals surface area contributed by atoms with Crippen LogP contribution in [0.3, 0.4) is 0 Å². The van der Waals surface area contributed by atoms with Crippen molar-refractivity contribution >= 4 is 0 Å². The minimum absolute atomic E-state index is 0.0792. The van der Waals surface area contributed by atoms with E-state index in [-0.39, 0.29) is 24.2 Å². The zero-order valence-corrected chi connectivity index (χ0v) is 11.3. The number of hydrogen-bond acceptors (Lipinski definition) is 1. The van der Waals surface area contributed by atoms with Crippen molar-refractivity contribution in [1.29, 1.82) is 0 Å². The van der Waals surface area contributed by atoms with Crippen molar-refractivity contribution in [3.05, 3.63) is 0 Å². The molecule has 0 aromatic rings. The van der Waals surface area contributed by atoms with E-state index in [1.165, 1.54) is 0 Å². The second-order valence-corrected chi connectivity index (χ2v) is 5.83. The van der Waals surface area contributed by atoms with Gasteiger partial charge in [-0.3, -0.25) is 0 Å². The third kappa shape index (κ3) is 4.20. The topological polar surface area (TPSA) is 26.0 Å². The molecule has 0 aromatic carbocycles. The first-order valence-corrected chi connectivity index (χ1v) is 7.05. The van der Waals surface area contributed by atoms with Crippen LogP contribution in [0.2, 0.25) is 0 Å². The first kappa shape index (κ1) is 14.9. The average Bonchev–Trinajstić information content (AvgIpc) is 2.64. The molecule has 3 heteroatoms. The fraction of sp³-hybridized carbons (Fsp3) is 1.00. The Labute approximate surface area is 104 Å². The molecule has 0 bridgehead atoms. The molecule has 2 N–H and O–H groups in total. The van der Waals surface area contributed by atoms with Crippen LogP contribution in [0, 0.1) is 11.3 Å². The molecule has 1 rings (SSSR count). The van der Waals surface area contributed by atoms with Crippen LogP contribution in [0.5, 0.6) is 0 Å². The molecule has 1 aliphatic carbocycles. The number of hydrogen-bond donors (Lipinski definition) is 1. The highest BCUT2D eigenvalue weighted by Crippen LogP contribution is 2.46. The van der Waals surface area contributed by atoms with Gasteiger partial charge in [-0.15, -0.1) is 0 Å². The molecule has 0 heterocycles. The highest BCUT2D eigenvalue weighted by molar-refractivity contribution is 4.88. The number of halogens is 2. The van der Waals surface area contributed by atoms with Gasteiger partial charge in [0.1, 0.15) is 0 Å². The molecule has 102 valence electrons. The van der Waals surface area contributed by atoms with Gasteiger partial charge < -0.3 is 5.73 Å². The van der Waals surface area contributed by atoms with E-state index in [1.807, 2.05) is 0 Å². The third-order valence-corrected chi connectivity index (χ3v) is 4.47. The number of unbranched alkanes of at least 4 members (excludes halogenated alkanes) is 1. The summed E-state index contributed by atoms with van der Waals surface area (Å²) in [5, 5.41) is 0. The van der Waals surface area contributed by atoms with Crippen molar-refractivity contribution in [2.24, 2.45) is 17.1 Å². The monoisotopic (exact) mass is 247 g/mol. The van der Waals surface area contributed by atoms with E-state index >= 15 is 0 Å². The van der Waals surface area contributed by atoms with Gasteiger partial charge in [0.2, 0.25) is 5.92 Å². The standard InChI is InChI=1S/C14H27F2N/c1-3-5-7-13(4-2,11-17)9-12-6-8-14(15,16)10-12/h12H,3-11,17H2,1-2H3. The molecule has 2 atom stereocenters. The van der Waals surface area contributed by atoms with E-state index in [4.69, 9.17) is 5.73 Å². The van der Waals surface area contributed by atoms with Crippen molar-refractivity contribution in [2.75, 3.05) is 6.54 Å². The molecular formula is C14H27F2N. The van der Waals surface area contributed by atoms with Crippen molar-refractivity contribution in [2.45, 2.75) is 71.1 Å². The summed E-state index contributed by atoms with van der Waals surface area (Å²) in [4.78, 5) is 0. The van der Waals surface area contributed by atoms with Gasteiger partial charge >= 0.3 is 0 Å². The molecule has 0 amide bonds. The lowest BCUT2D eigenvalue weighted by molar-refractivity contribution is 0.00238. The van der Waals surface area contributed by atoms with Crippen molar-refractivity contribution in [3.63, 3.8) is 0 Å². The molecule has 0 radical (unpaired) electrons. The Morgan fingerprint density at radius 3 is 2.47 bits per heavy atom. The third-order valence-electron chi connectivity index (χ3n) is 4.47. The number of nitrogens with two attached hydrogens (primary N) is 1. The van der Waals surface area contributed by atoms with E-state index < -0.39 is 5.92 Å². The Balaban J connectivity index is 2.54. The summed E-state index contributed by atoms with van der Waals surface area (Å²) in [7, 11) is 0. The first-order chi connectivity index (χ1) is 7.97. The Hall–Kier alpha value is -0.180. The lowest BCUT2D eigenvalue weighted by Crippen LogP contribution is -2.32. The molecule has 0 spiro atoms. The average molecular weight is 247 g/mol. The maximum atomic E-state index is 13.2. The largest absolute Gasteiger partial charge is 0.330 e. The Bertz CT molecular complexity index is 224. The minimum Gasteiger partial charge on any atom is -0.330 e. The lowest BCUT2D eigenvalue weighted by atomic mass is 9.73. The maximum Gasteiger partial charge on any atom is 0.248 e. The van der Waals surface area contributed by atoms with Crippen LogP contribution in [0.1, 0.15) is 65.2 Å². The molecule has 1 aliphatic rings. The molecule has 1 nitrogen and oxygen atoms in total. The van der Waals surface area contributed by atoms with Gasteiger partial charge in [-0.05, 0) is 43.6 Å². The second-order valence-electron chi connectivity index (χ2n) is 5.83. The molecule has 0 aliphatic heterocycles. The van der Waals surface area contributed by atoms with Crippen LogP contribution in [0.25, 0.3) is 0 Å². The smallest absolute Gasteiger partial charge is 0.248 e. The van der Waals surface area contributed by atoms with E-state index in [9.17, 15) is 8.78 Å². The summed E-state index contributed by atoms with van der Waals surface area (Å²) in [6.07, 6.45) is 6.17. The first-order valence-electron chi connectivity index (χ1n) is 7.05. The zero-order valence-electron chi connectivity index (χ0n) is 11.3. The van der Waals surface area contributed by atoms with Gasteiger partial charge in [0.15, 0.2) is 0 Å². The van der Waals surface area contributed by atoms with Gasteiger partial charge in [-0.25, -0.2) is 8.78 Å². The van der Waals surface area contributed by atoms with Crippen LogP contribution in [0.15, 0.2) is 0 Å². The predicted molar refractivity (Wildman–Crippen MR) is 68.2 cm³/mol. The van der Waals surface area contributed by atoms with Crippen LogP contribution in [-0.4, -0.2) is 12.5 Å². The van der Waals surface area contributed by atoms with E-state index in [2.05, 4.69) is 13.8 Å². The predicted octanol–water partition coefficient (Wildman–Crippen LogP) is 4.36. The van der Waals surface area contributed by atoms with E-state index in [0.29, 0.717) is 13.0 Å². The van der Waals surface area contributed by atoms with Gasteiger partial charge in [0, 0.05) is 12.8 Å². The molecule has 1 saturated carbocycles. The SMILES string of the molecule is CCCCC(CC)(CN)CC1CCC(F)(F)C1. The summed E-state index contributed by atoms with van der Waals surface area (Å²) in [6.45, 7) is 4.96. The van der Waals surface area contributed by atoms with Crippen molar-refractivity contribution < 1.29 is 8.78 Å². The highest BCUT2D eigenvalue weighted by Gasteiger charge is 2.42. The van der Waals surface area contributed by atoms with Gasteiger partial charge in [0.25, 0.3) is 0 Å². The molecular weight excluding hydrogens is 220 g/mol. The Morgan fingerprint density at radius 1 is 1.35 bits per heavy atom. The lowest BCUT2D eigenvalue weighted by Gasteiger charge is -2.34. The fourth-order valence-corrected chi connectivity index (χ4v) is 3.13. The Kier molecular flexibility index (Phi) is 5.36. The van der Waals surface area contributed by atoms with Crippen LogP contribution >= 0.6 is 0 Å². The normalized spacial score (nSPS) is 27.0. The fourth-order valence-electron chi connectivity index (χ4n) is 3.13. The second kappa shape index (κ2) is 6.12. The van der Waals surface area contributed by atoms with Crippen molar-refractivity contribution in [3.8, 4) is 0 Å². The molecule has 17 heavy (non-hydrogen) atoms. The summed E-state index contributed by atoms with van der Waals surface area (Å²) in [6, 6.07) is 0. The van der Waals surface area contributed by atoms with Crippen LogP contribution in [-0.2, 0) is 0 Å². The number of rotatable bonds is 7. The summed E-state index contributed by atoms with van der Waals surface area (Å²) in [5.41, 5.74) is 6.03. The molecule has 2 unspecified atom stereocenters. The Morgan fingerprint density at radius 2 is 2.06 bits per heavy atom. The van der Waals surface area contributed by atoms with Gasteiger partial charge in [-0.1, -0.05) is 26.7 Å². The highest BCUT2D eigenvalue weighted by atomic mass is 19.3. The number of alkyl halides is 2.